The molecule has 2 heterocycles. The molecule has 2 aliphatic heterocycles. The van der Waals surface area contributed by atoms with Gasteiger partial charge in [0.1, 0.15) is 0 Å². The number of carbonyl (C=O) groups is 1. The SMILES string of the molecule is O=C1NC2(c3ccc4ccccc4c3)OCCC12. The van der Waals surface area contributed by atoms with Gasteiger partial charge in [-0.05, 0) is 23.3 Å². The lowest BCUT2D eigenvalue weighted by molar-refractivity contribution is -0.165. The lowest BCUT2D eigenvalue weighted by Gasteiger charge is -2.43. The predicted octanol–water partition coefficient (Wildman–Crippen LogP) is 2.16. The molecule has 1 N–H and O–H groups in total. The van der Waals surface area contributed by atoms with Crippen molar-refractivity contribution in [3.8, 4) is 0 Å². The maximum absolute atomic E-state index is 11.6. The average molecular weight is 239 g/mol. The first kappa shape index (κ1) is 10.1. The molecule has 0 aliphatic carbocycles. The normalized spacial score (nSPS) is 29.8. The van der Waals surface area contributed by atoms with E-state index < -0.39 is 5.72 Å². The zero-order valence-electron chi connectivity index (χ0n) is 9.85. The van der Waals surface area contributed by atoms with E-state index in [1.807, 2.05) is 12.1 Å². The molecule has 0 aromatic heterocycles. The van der Waals surface area contributed by atoms with Crippen LogP contribution >= 0.6 is 0 Å². The van der Waals surface area contributed by atoms with Gasteiger partial charge in [-0.3, -0.25) is 4.79 Å². The highest BCUT2D eigenvalue weighted by molar-refractivity contribution is 5.89. The highest BCUT2D eigenvalue weighted by Crippen LogP contribution is 2.45. The summed E-state index contributed by atoms with van der Waals surface area (Å²) in [4.78, 5) is 11.6. The Bertz CT molecular complexity index is 652. The number of ether oxygens (including phenoxy) is 1. The number of hydrogen-bond donors (Lipinski definition) is 1. The average Bonchev–Trinajstić information content (AvgIpc) is 2.76. The molecule has 2 saturated heterocycles. The van der Waals surface area contributed by atoms with E-state index in [2.05, 4.69) is 35.6 Å². The molecule has 0 bridgehead atoms. The molecule has 4 rings (SSSR count). The smallest absolute Gasteiger partial charge is 0.230 e. The highest BCUT2D eigenvalue weighted by atomic mass is 16.5. The molecule has 2 aliphatic rings. The zero-order chi connectivity index (χ0) is 12.2. The number of rotatable bonds is 1. The summed E-state index contributed by atoms with van der Waals surface area (Å²) >= 11 is 0. The lowest BCUT2D eigenvalue weighted by atomic mass is 9.80. The Morgan fingerprint density at radius 1 is 1.17 bits per heavy atom. The maximum Gasteiger partial charge on any atom is 0.230 e. The van der Waals surface area contributed by atoms with Gasteiger partial charge in [0, 0.05) is 5.56 Å². The van der Waals surface area contributed by atoms with E-state index in [1.165, 1.54) is 10.8 Å². The minimum absolute atomic E-state index is 0.0151. The molecule has 3 heteroatoms. The van der Waals surface area contributed by atoms with E-state index in [0.717, 1.165) is 12.0 Å². The van der Waals surface area contributed by atoms with Crippen LogP contribution in [0.4, 0.5) is 0 Å². The van der Waals surface area contributed by atoms with E-state index >= 15 is 0 Å². The molecule has 2 unspecified atom stereocenters. The Kier molecular flexibility index (Phi) is 1.87. The van der Waals surface area contributed by atoms with Crippen molar-refractivity contribution in [2.24, 2.45) is 5.92 Å². The van der Waals surface area contributed by atoms with Crippen LogP contribution in [0.5, 0.6) is 0 Å². The fourth-order valence-corrected chi connectivity index (χ4v) is 3.05. The number of amides is 1. The number of β-lactam (4-membered cyclic amide) rings is 1. The molecule has 2 fully saturated rings. The number of carbonyl (C=O) groups excluding carboxylic acids is 1. The molecule has 2 aromatic carbocycles. The summed E-state index contributed by atoms with van der Waals surface area (Å²) in [5, 5.41) is 5.32. The molecular weight excluding hydrogens is 226 g/mol. The Morgan fingerprint density at radius 2 is 2.00 bits per heavy atom. The van der Waals surface area contributed by atoms with Gasteiger partial charge in [-0.2, -0.15) is 0 Å². The summed E-state index contributed by atoms with van der Waals surface area (Å²) < 4.78 is 5.81. The van der Waals surface area contributed by atoms with Crippen LogP contribution in [-0.2, 0) is 15.3 Å². The summed E-state index contributed by atoms with van der Waals surface area (Å²) in [5.74, 6) is 0.0966. The fraction of sp³-hybridized carbons (Fsp3) is 0.267. The van der Waals surface area contributed by atoms with E-state index in [1.54, 1.807) is 0 Å². The molecule has 18 heavy (non-hydrogen) atoms. The molecule has 1 amide bonds. The van der Waals surface area contributed by atoms with Gasteiger partial charge in [-0.15, -0.1) is 0 Å². The number of benzene rings is 2. The third-order valence-electron chi connectivity index (χ3n) is 4.03. The Morgan fingerprint density at radius 3 is 2.83 bits per heavy atom. The third kappa shape index (κ3) is 1.14. The summed E-state index contributed by atoms with van der Waals surface area (Å²) in [5.41, 5.74) is 0.504. The van der Waals surface area contributed by atoms with Crippen LogP contribution in [0.2, 0.25) is 0 Å². The van der Waals surface area contributed by atoms with E-state index in [0.29, 0.717) is 6.61 Å². The van der Waals surface area contributed by atoms with Crippen molar-refractivity contribution in [2.75, 3.05) is 6.61 Å². The Balaban J connectivity index is 1.85. The monoisotopic (exact) mass is 239 g/mol. The Hall–Kier alpha value is -1.87. The van der Waals surface area contributed by atoms with Crippen molar-refractivity contribution in [3.05, 3.63) is 48.0 Å². The van der Waals surface area contributed by atoms with Gasteiger partial charge in [0.05, 0.1) is 12.5 Å². The van der Waals surface area contributed by atoms with Crippen LogP contribution in [0, 0.1) is 5.92 Å². The van der Waals surface area contributed by atoms with Crippen LogP contribution < -0.4 is 5.32 Å². The van der Waals surface area contributed by atoms with Gasteiger partial charge >= 0.3 is 0 Å². The van der Waals surface area contributed by atoms with Crippen LogP contribution in [0.25, 0.3) is 10.8 Å². The van der Waals surface area contributed by atoms with E-state index in [-0.39, 0.29) is 11.8 Å². The van der Waals surface area contributed by atoms with E-state index in [9.17, 15) is 4.79 Å². The predicted molar refractivity (Wildman–Crippen MR) is 67.8 cm³/mol. The van der Waals surface area contributed by atoms with Crippen molar-refractivity contribution in [1.29, 1.82) is 0 Å². The van der Waals surface area contributed by atoms with Gasteiger partial charge in [0.25, 0.3) is 0 Å². The fourth-order valence-electron chi connectivity index (χ4n) is 3.05. The molecular formula is C15H13NO2. The van der Waals surface area contributed by atoms with Crippen molar-refractivity contribution in [1.82, 2.24) is 5.32 Å². The van der Waals surface area contributed by atoms with Crippen LogP contribution in [0.15, 0.2) is 42.5 Å². The first-order chi connectivity index (χ1) is 8.79. The Labute approximate surface area is 105 Å². The summed E-state index contributed by atoms with van der Waals surface area (Å²) in [7, 11) is 0. The number of hydrogen-bond acceptors (Lipinski definition) is 2. The topological polar surface area (TPSA) is 38.3 Å². The number of fused-ring (bicyclic) bond motifs is 2. The minimum Gasteiger partial charge on any atom is -0.351 e. The standard InChI is InChI=1S/C15H13NO2/c17-14-13-7-8-18-15(13,16-14)12-6-5-10-3-1-2-4-11(10)9-12/h1-6,9,13H,7-8H2,(H,16,17). The van der Waals surface area contributed by atoms with Crippen molar-refractivity contribution in [3.63, 3.8) is 0 Å². The molecule has 2 atom stereocenters. The molecule has 3 nitrogen and oxygen atoms in total. The maximum atomic E-state index is 11.6. The molecule has 0 spiro atoms. The second kappa shape index (κ2) is 3.33. The van der Waals surface area contributed by atoms with Gasteiger partial charge in [0.15, 0.2) is 5.72 Å². The van der Waals surface area contributed by atoms with E-state index in [4.69, 9.17) is 4.74 Å². The zero-order valence-corrected chi connectivity index (χ0v) is 9.85. The molecule has 2 aromatic rings. The summed E-state index contributed by atoms with van der Waals surface area (Å²) in [6.45, 7) is 0.649. The van der Waals surface area contributed by atoms with Crippen molar-refractivity contribution in [2.45, 2.75) is 12.1 Å². The molecule has 0 radical (unpaired) electrons. The first-order valence-corrected chi connectivity index (χ1v) is 6.25. The van der Waals surface area contributed by atoms with Crippen molar-refractivity contribution < 1.29 is 9.53 Å². The first-order valence-electron chi connectivity index (χ1n) is 6.25. The van der Waals surface area contributed by atoms with Crippen molar-refractivity contribution >= 4 is 16.7 Å². The molecule has 90 valence electrons. The van der Waals surface area contributed by atoms with Gasteiger partial charge < -0.3 is 10.1 Å². The largest absolute Gasteiger partial charge is 0.351 e. The summed E-state index contributed by atoms with van der Waals surface area (Å²) in [6.07, 6.45) is 0.818. The van der Waals surface area contributed by atoms with Gasteiger partial charge in [0.2, 0.25) is 5.91 Å². The van der Waals surface area contributed by atoms with Gasteiger partial charge in [-0.25, -0.2) is 0 Å². The summed E-state index contributed by atoms with van der Waals surface area (Å²) in [6, 6.07) is 14.5. The van der Waals surface area contributed by atoms with Crippen LogP contribution in [-0.4, -0.2) is 12.5 Å². The second-order valence-electron chi connectivity index (χ2n) is 4.98. The lowest BCUT2D eigenvalue weighted by Crippen LogP contribution is -2.64. The van der Waals surface area contributed by atoms with Crippen LogP contribution in [0.1, 0.15) is 12.0 Å². The van der Waals surface area contributed by atoms with Crippen LogP contribution in [0.3, 0.4) is 0 Å². The third-order valence-corrected chi connectivity index (χ3v) is 4.03. The highest BCUT2D eigenvalue weighted by Gasteiger charge is 2.58. The molecule has 0 saturated carbocycles. The second-order valence-corrected chi connectivity index (χ2v) is 4.98. The minimum atomic E-state index is -0.554. The number of nitrogens with one attached hydrogen (secondary N) is 1. The van der Waals surface area contributed by atoms with Gasteiger partial charge in [-0.1, -0.05) is 36.4 Å². The quantitative estimate of drug-likeness (QED) is 0.774.